The molecular weight excluding hydrogens is 192 g/mol. The van der Waals surface area contributed by atoms with Crippen LogP contribution in [0.2, 0.25) is 0 Å². The quantitative estimate of drug-likeness (QED) is 0.772. The third-order valence-electron chi connectivity index (χ3n) is 2.01. The molecule has 0 radical (unpaired) electrons. The summed E-state index contributed by atoms with van der Waals surface area (Å²) in [4.78, 5) is 15.3. The lowest BCUT2D eigenvalue weighted by Crippen LogP contribution is -2.14. The lowest BCUT2D eigenvalue weighted by atomic mass is 10.2. The third kappa shape index (κ3) is 2.01. The summed E-state index contributed by atoms with van der Waals surface area (Å²) in [6.07, 6.45) is 1.37. The summed E-state index contributed by atoms with van der Waals surface area (Å²) in [5, 5.41) is 8.91. The summed E-state index contributed by atoms with van der Waals surface area (Å²) in [6.45, 7) is 1.92. The molecule has 0 spiro atoms. The van der Waals surface area contributed by atoms with Crippen molar-refractivity contribution in [2.45, 2.75) is 6.92 Å². The zero-order valence-electron chi connectivity index (χ0n) is 8.19. The van der Waals surface area contributed by atoms with Gasteiger partial charge >= 0.3 is 0 Å². The number of carbonyl (C=O) groups excluding carboxylic acids is 1. The van der Waals surface area contributed by atoms with Crippen LogP contribution < -0.4 is 5.32 Å². The average molecular weight is 202 g/mol. The Labute approximate surface area is 86.5 Å². The SMILES string of the molecule is Cc1ccccc1NC(=O)c1nc[nH]n1. The maximum absolute atomic E-state index is 11.6. The first-order valence-electron chi connectivity index (χ1n) is 4.50. The molecule has 15 heavy (non-hydrogen) atoms. The largest absolute Gasteiger partial charge is 0.319 e. The van der Waals surface area contributed by atoms with Crippen molar-refractivity contribution in [2.75, 3.05) is 5.32 Å². The molecule has 1 aromatic heterocycles. The number of aromatic nitrogens is 3. The van der Waals surface area contributed by atoms with Crippen LogP contribution in [0.15, 0.2) is 30.6 Å². The maximum atomic E-state index is 11.6. The average Bonchev–Trinajstić information content (AvgIpc) is 2.74. The maximum Gasteiger partial charge on any atom is 0.295 e. The van der Waals surface area contributed by atoms with Gasteiger partial charge in [-0.25, -0.2) is 4.98 Å². The van der Waals surface area contributed by atoms with E-state index in [4.69, 9.17) is 0 Å². The van der Waals surface area contributed by atoms with Crippen LogP contribution in [0.3, 0.4) is 0 Å². The first-order chi connectivity index (χ1) is 7.27. The second-order valence-electron chi connectivity index (χ2n) is 3.09. The fourth-order valence-corrected chi connectivity index (χ4v) is 1.21. The van der Waals surface area contributed by atoms with Crippen molar-refractivity contribution >= 4 is 11.6 Å². The smallest absolute Gasteiger partial charge is 0.295 e. The molecule has 0 aliphatic carbocycles. The molecule has 1 heterocycles. The van der Waals surface area contributed by atoms with Crippen molar-refractivity contribution in [3.63, 3.8) is 0 Å². The Kier molecular flexibility index (Phi) is 2.45. The number of anilines is 1. The number of aromatic amines is 1. The van der Waals surface area contributed by atoms with E-state index >= 15 is 0 Å². The summed E-state index contributed by atoms with van der Waals surface area (Å²) in [5.74, 6) is -0.177. The fourth-order valence-electron chi connectivity index (χ4n) is 1.21. The Bertz CT molecular complexity index is 464. The van der Waals surface area contributed by atoms with E-state index in [0.717, 1.165) is 11.3 Å². The molecule has 2 N–H and O–H groups in total. The summed E-state index contributed by atoms with van der Waals surface area (Å²) >= 11 is 0. The number of rotatable bonds is 2. The van der Waals surface area contributed by atoms with Gasteiger partial charge in [-0.2, -0.15) is 0 Å². The molecular formula is C10H10N4O. The van der Waals surface area contributed by atoms with Gasteiger partial charge < -0.3 is 5.32 Å². The minimum absolute atomic E-state index is 0.137. The number of H-pyrrole nitrogens is 1. The molecule has 1 amide bonds. The van der Waals surface area contributed by atoms with Gasteiger partial charge in [-0.15, -0.1) is 5.10 Å². The van der Waals surface area contributed by atoms with E-state index in [-0.39, 0.29) is 11.7 Å². The molecule has 0 saturated carbocycles. The molecule has 76 valence electrons. The monoisotopic (exact) mass is 202 g/mol. The number of hydrogen-bond donors (Lipinski definition) is 2. The second kappa shape index (κ2) is 3.91. The van der Waals surface area contributed by atoms with Crippen molar-refractivity contribution < 1.29 is 4.79 Å². The van der Waals surface area contributed by atoms with Crippen LogP contribution in [0, 0.1) is 6.92 Å². The standard InChI is InChI=1S/C10H10N4O/c1-7-4-2-3-5-8(7)13-10(15)9-11-6-12-14-9/h2-6H,1H3,(H,13,15)(H,11,12,14). The fraction of sp³-hybridized carbons (Fsp3) is 0.100. The van der Waals surface area contributed by atoms with Crippen molar-refractivity contribution in [3.8, 4) is 0 Å². The van der Waals surface area contributed by atoms with Gasteiger partial charge in [0.2, 0.25) is 5.82 Å². The Balaban J connectivity index is 2.17. The van der Waals surface area contributed by atoms with E-state index in [1.54, 1.807) is 0 Å². The summed E-state index contributed by atoms with van der Waals surface area (Å²) in [7, 11) is 0. The van der Waals surface area contributed by atoms with E-state index in [2.05, 4.69) is 20.5 Å². The molecule has 0 atom stereocenters. The Morgan fingerprint density at radius 1 is 1.40 bits per heavy atom. The number of amides is 1. The van der Waals surface area contributed by atoms with E-state index in [9.17, 15) is 4.79 Å². The van der Waals surface area contributed by atoms with Gasteiger partial charge in [0.05, 0.1) is 0 Å². The zero-order chi connectivity index (χ0) is 10.7. The second-order valence-corrected chi connectivity index (χ2v) is 3.09. The van der Waals surface area contributed by atoms with Gasteiger partial charge in [0.25, 0.3) is 5.91 Å². The molecule has 1 aromatic carbocycles. The number of carbonyl (C=O) groups is 1. The Morgan fingerprint density at radius 2 is 2.20 bits per heavy atom. The van der Waals surface area contributed by atoms with Crippen LogP contribution in [0.5, 0.6) is 0 Å². The van der Waals surface area contributed by atoms with Crippen LogP contribution >= 0.6 is 0 Å². The predicted molar refractivity (Wildman–Crippen MR) is 55.5 cm³/mol. The molecule has 2 aromatic rings. The highest BCUT2D eigenvalue weighted by Crippen LogP contribution is 2.13. The lowest BCUT2D eigenvalue weighted by molar-refractivity contribution is 0.101. The van der Waals surface area contributed by atoms with Crippen molar-refractivity contribution in [1.82, 2.24) is 15.2 Å². The molecule has 0 unspecified atom stereocenters. The number of benzene rings is 1. The van der Waals surface area contributed by atoms with Gasteiger partial charge in [-0.1, -0.05) is 18.2 Å². The Morgan fingerprint density at radius 3 is 2.87 bits per heavy atom. The highest BCUT2D eigenvalue weighted by Gasteiger charge is 2.10. The minimum Gasteiger partial charge on any atom is -0.319 e. The molecule has 0 fully saturated rings. The molecule has 2 rings (SSSR count). The van der Waals surface area contributed by atoms with Gasteiger partial charge in [0.15, 0.2) is 0 Å². The summed E-state index contributed by atoms with van der Waals surface area (Å²) < 4.78 is 0. The highest BCUT2D eigenvalue weighted by atomic mass is 16.2. The summed E-state index contributed by atoms with van der Waals surface area (Å²) in [6, 6.07) is 7.53. The van der Waals surface area contributed by atoms with E-state index < -0.39 is 0 Å². The van der Waals surface area contributed by atoms with E-state index in [1.165, 1.54) is 6.33 Å². The van der Waals surface area contributed by atoms with Gasteiger partial charge in [-0.05, 0) is 18.6 Å². The van der Waals surface area contributed by atoms with E-state index in [1.807, 2.05) is 31.2 Å². The van der Waals surface area contributed by atoms with Gasteiger partial charge in [0, 0.05) is 5.69 Å². The Hall–Kier alpha value is -2.17. The molecule has 5 nitrogen and oxygen atoms in total. The van der Waals surface area contributed by atoms with E-state index in [0.29, 0.717) is 0 Å². The van der Waals surface area contributed by atoms with Crippen LogP contribution in [-0.2, 0) is 0 Å². The minimum atomic E-state index is -0.314. The number of nitrogens with one attached hydrogen (secondary N) is 2. The first-order valence-corrected chi connectivity index (χ1v) is 4.50. The van der Waals surface area contributed by atoms with Crippen molar-refractivity contribution in [3.05, 3.63) is 42.0 Å². The van der Waals surface area contributed by atoms with Crippen molar-refractivity contribution in [2.24, 2.45) is 0 Å². The summed E-state index contributed by atoms with van der Waals surface area (Å²) in [5.41, 5.74) is 1.77. The molecule has 0 aliphatic rings. The third-order valence-corrected chi connectivity index (χ3v) is 2.01. The zero-order valence-corrected chi connectivity index (χ0v) is 8.19. The van der Waals surface area contributed by atoms with Crippen LogP contribution in [0.25, 0.3) is 0 Å². The predicted octanol–water partition coefficient (Wildman–Crippen LogP) is 1.37. The van der Waals surface area contributed by atoms with Crippen molar-refractivity contribution in [1.29, 1.82) is 0 Å². The van der Waals surface area contributed by atoms with Crippen LogP contribution in [0.1, 0.15) is 16.2 Å². The molecule has 0 bridgehead atoms. The van der Waals surface area contributed by atoms with Gasteiger partial charge in [0.1, 0.15) is 6.33 Å². The van der Waals surface area contributed by atoms with Gasteiger partial charge in [-0.3, -0.25) is 9.89 Å². The highest BCUT2D eigenvalue weighted by molar-refractivity contribution is 6.01. The topological polar surface area (TPSA) is 70.7 Å². The van der Waals surface area contributed by atoms with Crippen LogP contribution in [0.4, 0.5) is 5.69 Å². The lowest BCUT2D eigenvalue weighted by Gasteiger charge is -2.05. The molecule has 5 heteroatoms. The number of aryl methyl sites for hydroxylation is 1. The number of para-hydroxylation sites is 1. The van der Waals surface area contributed by atoms with Crippen LogP contribution in [-0.4, -0.2) is 21.1 Å². The number of hydrogen-bond acceptors (Lipinski definition) is 3. The molecule has 0 saturated heterocycles. The molecule has 0 aliphatic heterocycles. The number of nitrogens with zero attached hydrogens (tertiary/aromatic N) is 2. The normalized spacial score (nSPS) is 9.93. The first kappa shape index (κ1) is 9.39.